The smallest absolute Gasteiger partial charge is 0.166 e. The van der Waals surface area contributed by atoms with Crippen LogP contribution in [0.3, 0.4) is 0 Å². The third kappa shape index (κ3) is 8.24. The molecule has 4 aromatic rings. The second-order valence-electron chi connectivity index (χ2n) is 11.1. The van der Waals surface area contributed by atoms with Gasteiger partial charge < -0.3 is 0 Å². The fraction of sp³-hybridized carbons (Fsp3) is 0.200. The van der Waals surface area contributed by atoms with Gasteiger partial charge in [-0.2, -0.15) is 52.7 Å². The lowest BCUT2D eigenvalue weighted by Gasteiger charge is -2.34. The summed E-state index contributed by atoms with van der Waals surface area (Å²) in [5.41, 5.74) is -7.41. The number of allylic oxidation sites excluding steroid dienone is 4. The highest BCUT2D eigenvalue weighted by molar-refractivity contribution is 7.77. The quantitative estimate of drug-likeness (QED) is 0.131. The van der Waals surface area contributed by atoms with E-state index in [2.05, 4.69) is 0 Å². The zero-order chi connectivity index (χ0) is 35.9. The lowest BCUT2D eigenvalue weighted by atomic mass is 10.1. The molecule has 0 saturated heterocycles. The van der Waals surface area contributed by atoms with Gasteiger partial charge in [-0.25, -0.2) is 0 Å². The standard InChI is InChI=1S/C35H24F12P2/c1-21(48(26-9-4-2-5-10-26)27-11-6-3-7-12-27)30-13-8-14-31(30)49(28-17-22(32(36,37)38)15-23(18-28)33(39,40)41)29-19-24(34(42,43)44)16-25(20-29)35(45,46)47/h2-21,30H,1H3. The molecule has 1 aliphatic rings. The molecular weight excluding hydrogens is 710 g/mol. The highest BCUT2D eigenvalue weighted by atomic mass is 31.1. The van der Waals surface area contributed by atoms with E-state index in [4.69, 9.17) is 0 Å². The van der Waals surface area contributed by atoms with Gasteiger partial charge in [-0.3, -0.25) is 0 Å². The van der Waals surface area contributed by atoms with Gasteiger partial charge in [0.25, 0.3) is 0 Å². The van der Waals surface area contributed by atoms with Crippen LogP contribution in [-0.4, -0.2) is 5.66 Å². The summed E-state index contributed by atoms with van der Waals surface area (Å²) in [6.07, 6.45) is -16.8. The van der Waals surface area contributed by atoms with Crippen LogP contribution in [0.25, 0.3) is 0 Å². The highest BCUT2D eigenvalue weighted by Gasteiger charge is 2.42. The zero-order valence-electron chi connectivity index (χ0n) is 25.1. The van der Waals surface area contributed by atoms with Crippen LogP contribution in [0.1, 0.15) is 29.2 Å². The van der Waals surface area contributed by atoms with E-state index in [0.29, 0.717) is 24.3 Å². The Labute approximate surface area is 275 Å². The summed E-state index contributed by atoms with van der Waals surface area (Å²) in [5.74, 6) is -0.787. The predicted octanol–water partition coefficient (Wildman–Crippen LogP) is 10.8. The maximum Gasteiger partial charge on any atom is 0.416 e. The molecule has 0 saturated carbocycles. The Morgan fingerprint density at radius 2 is 0.837 bits per heavy atom. The summed E-state index contributed by atoms with van der Waals surface area (Å²) in [7, 11) is -4.14. The van der Waals surface area contributed by atoms with Crippen molar-refractivity contribution in [2.24, 2.45) is 5.92 Å². The van der Waals surface area contributed by atoms with Crippen molar-refractivity contribution in [1.29, 1.82) is 0 Å². The van der Waals surface area contributed by atoms with Crippen molar-refractivity contribution in [1.82, 2.24) is 0 Å². The van der Waals surface area contributed by atoms with E-state index in [9.17, 15) is 52.7 Å². The first-order valence-corrected chi connectivity index (χ1v) is 17.2. The Bertz CT molecular complexity index is 1660. The molecule has 14 heteroatoms. The maximum absolute atomic E-state index is 14.0. The predicted molar refractivity (Wildman–Crippen MR) is 168 cm³/mol. The summed E-state index contributed by atoms with van der Waals surface area (Å²) in [5, 5.41) is 0.441. The minimum Gasteiger partial charge on any atom is -0.166 e. The van der Waals surface area contributed by atoms with Crippen LogP contribution >= 0.6 is 15.8 Å². The molecule has 0 nitrogen and oxygen atoms in total. The average Bonchev–Trinajstić information content (AvgIpc) is 3.50. The minimum absolute atomic E-state index is 0.113. The molecule has 0 spiro atoms. The SMILES string of the molecule is CC(C1C=CC=C1P(c1cc(C(F)(F)F)cc(C(F)(F)F)c1)c1cc(C(F)(F)F)cc(C(F)(F)F)c1)P(c1ccccc1)c1ccccc1. The molecule has 2 unspecified atom stereocenters. The molecule has 0 N–H and O–H groups in total. The van der Waals surface area contributed by atoms with Crippen molar-refractivity contribution in [2.45, 2.75) is 37.3 Å². The Kier molecular flexibility index (Phi) is 10.2. The molecule has 0 amide bonds. The minimum atomic E-state index is -5.31. The molecular formula is C35H24F12P2. The summed E-state index contributed by atoms with van der Waals surface area (Å²) >= 11 is 0. The molecule has 2 atom stereocenters. The first-order valence-electron chi connectivity index (χ1n) is 14.4. The van der Waals surface area contributed by atoms with Gasteiger partial charge in [0.05, 0.1) is 22.3 Å². The lowest BCUT2D eigenvalue weighted by molar-refractivity contribution is -0.144. The zero-order valence-corrected chi connectivity index (χ0v) is 26.8. The van der Waals surface area contributed by atoms with Gasteiger partial charge in [0.2, 0.25) is 0 Å². The van der Waals surface area contributed by atoms with Crippen LogP contribution in [0, 0.1) is 5.92 Å². The topological polar surface area (TPSA) is 0 Å². The normalized spacial score (nSPS) is 16.4. The molecule has 5 rings (SSSR count). The third-order valence-corrected chi connectivity index (χ3v) is 13.2. The summed E-state index contributed by atoms with van der Waals surface area (Å²) in [6.45, 7) is 1.80. The first kappa shape index (κ1) is 36.7. The van der Waals surface area contributed by atoms with Gasteiger partial charge in [0, 0.05) is 5.92 Å². The van der Waals surface area contributed by atoms with Crippen LogP contribution in [0.5, 0.6) is 0 Å². The van der Waals surface area contributed by atoms with Crippen LogP contribution in [0.15, 0.2) is 121 Å². The van der Waals surface area contributed by atoms with Crippen molar-refractivity contribution in [3.05, 3.63) is 143 Å². The van der Waals surface area contributed by atoms with Gasteiger partial charge in [-0.1, -0.05) is 85.8 Å². The van der Waals surface area contributed by atoms with E-state index in [0.717, 1.165) is 10.6 Å². The number of rotatable bonds is 7. The third-order valence-electron chi connectivity index (χ3n) is 7.84. The van der Waals surface area contributed by atoms with Gasteiger partial charge in [-0.15, -0.1) is 0 Å². The lowest BCUT2D eigenvalue weighted by Crippen LogP contribution is -2.28. The molecule has 4 aromatic carbocycles. The Hall–Kier alpha value is -3.62. The second-order valence-corrected chi connectivity index (χ2v) is 16.0. The van der Waals surface area contributed by atoms with E-state index >= 15 is 0 Å². The number of hydrogen-bond donors (Lipinski definition) is 0. The van der Waals surface area contributed by atoms with E-state index in [1.807, 2.05) is 24.3 Å². The number of alkyl halides is 12. The Morgan fingerprint density at radius 3 is 1.16 bits per heavy atom. The molecule has 0 aromatic heterocycles. The molecule has 49 heavy (non-hydrogen) atoms. The number of halogens is 12. The Morgan fingerprint density at radius 1 is 0.490 bits per heavy atom. The molecule has 0 bridgehead atoms. The second kappa shape index (κ2) is 13.6. The van der Waals surface area contributed by atoms with Crippen molar-refractivity contribution < 1.29 is 52.7 Å². The largest absolute Gasteiger partial charge is 0.416 e. The van der Waals surface area contributed by atoms with Crippen LogP contribution in [0.2, 0.25) is 0 Å². The van der Waals surface area contributed by atoms with E-state index in [-0.39, 0.29) is 17.4 Å². The summed E-state index contributed by atoms with van der Waals surface area (Å²) < 4.78 is 168. The Balaban J connectivity index is 1.78. The molecule has 0 radical (unpaired) electrons. The number of hydrogen-bond acceptors (Lipinski definition) is 0. The van der Waals surface area contributed by atoms with Crippen molar-refractivity contribution >= 4 is 37.1 Å². The van der Waals surface area contributed by atoms with E-state index in [1.165, 1.54) is 12.2 Å². The number of benzene rings is 4. The molecule has 0 aliphatic heterocycles. The fourth-order valence-electron chi connectivity index (χ4n) is 5.65. The van der Waals surface area contributed by atoms with Crippen molar-refractivity contribution in [3.63, 3.8) is 0 Å². The summed E-state index contributed by atoms with van der Waals surface area (Å²) in [6, 6.07) is 19.4. The van der Waals surface area contributed by atoms with Crippen LogP contribution in [0.4, 0.5) is 52.7 Å². The van der Waals surface area contributed by atoms with Gasteiger partial charge >= 0.3 is 24.7 Å². The molecule has 0 heterocycles. The monoisotopic (exact) mass is 734 g/mol. The van der Waals surface area contributed by atoms with Gasteiger partial charge in [-0.05, 0) is 84.4 Å². The summed E-state index contributed by atoms with van der Waals surface area (Å²) in [4.78, 5) is 0. The molecule has 0 fully saturated rings. The van der Waals surface area contributed by atoms with E-state index in [1.54, 1.807) is 49.4 Å². The molecule has 258 valence electrons. The van der Waals surface area contributed by atoms with E-state index < -0.39 is 85.0 Å². The fourth-order valence-corrected chi connectivity index (χ4v) is 11.4. The van der Waals surface area contributed by atoms with Gasteiger partial charge in [0.1, 0.15) is 0 Å². The van der Waals surface area contributed by atoms with Crippen molar-refractivity contribution in [2.75, 3.05) is 0 Å². The molecule has 1 aliphatic carbocycles. The average molecular weight is 735 g/mol. The maximum atomic E-state index is 14.0. The van der Waals surface area contributed by atoms with Crippen LogP contribution in [-0.2, 0) is 24.7 Å². The van der Waals surface area contributed by atoms with Crippen LogP contribution < -0.4 is 21.2 Å². The van der Waals surface area contributed by atoms with Gasteiger partial charge in [0.15, 0.2) is 0 Å². The highest BCUT2D eigenvalue weighted by Crippen LogP contribution is 2.56. The first-order chi connectivity index (χ1) is 22.7. The van der Waals surface area contributed by atoms with Crippen molar-refractivity contribution in [3.8, 4) is 0 Å².